The van der Waals surface area contributed by atoms with Gasteiger partial charge in [-0.05, 0) is 12.8 Å². The van der Waals surface area contributed by atoms with Crippen LogP contribution in [0.15, 0.2) is 0 Å². The highest BCUT2D eigenvalue weighted by atomic mass is 16.5. The van der Waals surface area contributed by atoms with E-state index in [9.17, 15) is 9.59 Å². The Hall–Kier alpha value is -0.860. The average Bonchev–Trinajstić information content (AvgIpc) is 2.13. The van der Waals surface area contributed by atoms with E-state index in [1.165, 1.54) is 6.92 Å². The lowest BCUT2D eigenvalue weighted by atomic mass is 9.56. The Labute approximate surface area is 83.8 Å². The predicted molar refractivity (Wildman–Crippen MR) is 50.6 cm³/mol. The lowest BCUT2D eigenvalue weighted by molar-refractivity contribution is -0.181. The number of rotatable bonds is 1. The minimum absolute atomic E-state index is 0.00162. The quantitative estimate of drug-likeness (QED) is 0.598. The molecule has 0 aromatic carbocycles. The number of carbonyl (C=O) groups excluding carboxylic acids is 2. The molecule has 4 atom stereocenters. The van der Waals surface area contributed by atoms with E-state index in [1.54, 1.807) is 0 Å². The van der Waals surface area contributed by atoms with Crippen LogP contribution in [0.4, 0.5) is 0 Å². The highest BCUT2D eigenvalue weighted by Crippen LogP contribution is 2.49. The number of ketones is 1. The molecule has 2 rings (SSSR count). The topological polar surface area (TPSA) is 43.4 Å². The molecule has 3 heteroatoms. The molecular formula is C11H16O3. The first-order valence-corrected chi connectivity index (χ1v) is 5.31. The number of carbonyl (C=O) groups is 2. The average molecular weight is 196 g/mol. The third kappa shape index (κ3) is 1.35. The van der Waals surface area contributed by atoms with Gasteiger partial charge in [0.1, 0.15) is 11.9 Å². The van der Waals surface area contributed by atoms with Crippen LogP contribution in [0.25, 0.3) is 0 Å². The maximum atomic E-state index is 11.6. The van der Waals surface area contributed by atoms with Crippen molar-refractivity contribution in [3.8, 4) is 0 Å². The fourth-order valence-electron chi connectivity index (χ4n) is 2.98. The van der Waals surface area contributed by atoms with Crippen LogP contribution in [0.3, 0.4) is 0 Å². The van der Waals surface area contributed by atoms with E-state index in [4.69, 9.17) is 4.74 Å². The van der Waals surface area contributed by atoms with Crippen LogP contribution in [0.1, 0.15) is 33.1 Å². The first kappa shape index (κ1) is 9.69. The summed E-state index contributed by atoms with van der Waals surface area (Å²) in [5.74, 6) is 0.871. The third-order valence-corrected chi connectivity index (χ3v) is 3.60. The lowest BCUT2D eigenvalue weighted by Gasteiger charge is -2.51. The fraction of sp³-hybridized carbons (Fsp3) is 0.818. The lowest BCUT2D eigenvalue weighted by Crippen LogP contribution is -2.56. The molecule has 78 valence electrons. The first-order chi connectivity index (χ1) is 6.61. The molecule has 0 amide bonds. The van der Waals surface area contributed by atoms with E-state index in [2.05, 4.69) is 0 Å². The Morgan fingerprint density at radius 2 is 2.21 bits per heavy atom. The van der Waals surface area contributed by atoms with Crippen molar-refractivity contribution in [2.75, 3.05) is 0 Å². The Bertz CT molecular complexity index is 272. The highest BCUT2D eigenvalue weighted by molar-refractivity contribution is 5.83. The van der Waals surface area contributed by atoms with Gasteiger partial charge in [0.15, 0.2) is 0 Å². The summed E-state index contributed by atoms with van der Waals surface area (Å²) in [5.41, 5.74) is 0. The zero-order chi connectivity index (χ0) is 10.3. The van der Waals surface area contributed by atoms with Crippen molar-refractivity contribution < 1.29 is 14.3 Å². The van der Waals surface area contributed by atoms with Crippen LogP contribution in [0.2, 0.25) is 0 Å². The largest absolute Gasteiger partial charge is 0.462 e. The van der Waals surface area contributed by atoms with Crippen molar-refractivity contribution >= 4 is 11.8 Å². The van der Waals surface area contributed by atoms with Crippen molar-refractivity contribution in [2.45, 2.75) is 39.2 Å². The Morgan fingerprint density at radius 3 is 2.86 bits per heavy atom. The van der Waals surface area contributed by atoms with E-state index in [0.29, 0.717) is 11.7 Å². The molecule has 4 unspecified atom stereocenters. The number of Topliss-reactive ketones (excluding diaryl/α,β-unsaturated/α-hetero) is 1. The molecule has 2 saturated carbocycles. The van der Waals surface area contributed by atoms with E-state index < -0.39 is 0 Å². The van der Waals surface area contributed by atoms with E-state index in [-0.39, 0.29) is 23.9 Å². The van der Waals surface area contributed by atoms with Gasteiger partial charge in [0.25, 0.3) is 0 Å². The molecule has 0 radical (unpaired) electrons. The van der Waals surface area contributed by atoms with Crippen molar-refractivity contribution in [1.82, 2.24) is 0 Å². The SMILES string of the molecule is CC(=O)OC1C(C)C2C(=O)CCCC12. The van der Waals surface area contributed by atoms with E-state index >= 15 is 0 Å². The summed E-state index contributed by atoms with van der Waals surface area (Å²) in [4.78, 5) is 22.4. The molecule has 3 nitrogen and oxygen atoms in total. The molecular weight excluding hydrogens is 180 g/mol. The van der Waals surface area contributed by atoms with Gasteiger partial charge in [-0.3, -0.25) is 9.59 Å². The normalized spacial score (nSPS) is 41.1. The summed E-state index contributed by atoms with van der Waals surface area (Å²) < 4.78 is 5.23. The molecule has 0 spiro atoms. The first-order valence-electron chi connectivity index (χ1n) is 5.31. The molecule has 0 aromatic rings. The molecule has 0 N–H and O–H groups in total. The maximum absolute atomic E-state index is 11.6. The summed E-state index contributed by atoms with van der Waals surface area (Å²) in [5, 5.41) is 0. The maximum Gasteiger partial charge on any atom is 0.302 e. The van der Waals surface area contributed by atoms with Gasteiger partial charge in [-0.15, -0.1) is 0 Å². The molecule has 0 heterocycles. The Kier molecular flexibility index (Phi) is 2.33. The zero-order valence-corrected chi connectivity index (χ0v) is 8.66. The molecule has 2 aliphatic rings. The minimum Gasteiger partial charge on any atom is -0.462 e. The monoisotopic (exact) mass is 196 g/mol. The van der Waals surface area contributed by atoms with Crippen LogP contribution in [-0.2, 0) is 14.3 Å². The number of hydrogen-bond acceptors (Lipinski definition) is 3. The zero-order valence-electron chi connectivity index (χ0n) is 8.66. The van der Waals surface area contributed by atoms with Crippen LogP contribution in [0, 0.1) is 17.8 Å². The molecule has 14 heavy (non-hydrogen) atoms. The Balaban J connectivity index is 2.03. The van der Waals surface area contributed by atoms with Crippen molar-refractivity contribution in [3.05, 3.63) is 0 Å². The van der Waals surface area contributed by atoms with Gasteiger partial charge < -0.3 is 4.74 Å². The van der Waals surface area contributed by atoms with Crippen molar-refractivity contribution in [1.29, 1.82) is 0 Å². The smallest absolute Gasteiger partial charge is 0.302 e. The summed E-state index contributed by atoms with van der Waals surface area (Å²) in [6.07, 6.45) is 2.73. The third-order valence-electron chi connectivity index (χ3n) is 3.60. The summed E-state index contributed by atoms with van der Waals surface area (Å²) in [6, 6.07) is 0. The highest BCUT2D eigenvalue weighted by Gasteiger charge is 2.54. The van der Waals surface area contributed by atoms with Crippen LogP contribution in [-0.4, -0.2) is 17.9 Å². The van der Waals surface area contributed by atoms with Crippen molar-refractivity contribution in [3.63, 3.8) is 0 Å². The van der Waals surface area contributed by atoms with Gasteiger partial charge in [0, 0.05) is 31.1 Å². The second kappa shape index (κ2) is 3.37. The molecule has 2 aliphatic carbocycles. The Morgan fingerprint density at radius 1 is 1.50 bits per heavy atom. The molecule has 0 aliphatic heterocycles. The van der Waals surface area contributed by atoms with Gasteiger partial charge in [0.2, 0.25) is 0 Å². The number of ether oxygens (including phenoxy) is 1. The fourth-order valence-corrected chi connectivity index (χ4v) is 2.98. The number of fused-ring (bicyclic) bond motifs is 1. The van der Waals surface area contributed by atoms with Gasteiger partial charge in [-0.25, -0.2) is 0 Å². The second-order valence-electron chi connectivity index (χ2n) is 4.48. The van der Waals surface area contributed by atoms with Gasteiger partial charge in [-0.2, -0.15) is 0 Å². The molecule has 0 aromatic heterocycles. The van der Waals surface area contributed by atoms with Gasteiger partial charge in [-0.1, -0.05) is 6.92 Å². The number of hydrogen-bond donors (Lipinski definition) is 0. The van der Waals surface area contributed by atoms with Crippen molar-refractivity contribution in [2.24, 2.45) is 17.8 Å². The summed E-state index contributed by atoms with van der Waals surface area (Å²) in [6.45, 7) is 3.45. The second-order valence-corrected chi connectivity index (χ2v) is 4.48. The number of esters is 1. The van der Waals surface area contributed by atoms with Crippen LogP contribution in [0.5, 0.6) is 0 Å². The van der Waals surface area contributed by atoms with Crippen LogP contribution >= 0.6 is 0 Å². The molecule has 2 fully saturated rings. The predicted octanol–water partition coefficient (Wildman–Crippen LogP) is 1.55. The van der Waals surface area contributed by atoms with Gasteiger partial charge in [0.05, 0.1) is 0 Å². The van der Waals surface area contributed by atoms with E-state index in [0.717, 1.165) is 19.3 Å². The standard InChI is InChI=1S/C11H16O3/c1-6-10-8(4-3-5-9(10)13)11(6)14-7(2)12/h6,8,10-11H,3-5H2,1-2H3. The summed E-state index contributed by atoms with van der Waals surface area (Å²) in [7, 11) is 0. The van der Waals surface area contributed by atoms with Crippen LogP contribution < -0.4 is 0 Å². The summed E-state index contributed by atoms with van der Waals surface area (Å²) >= 11 is 0. The van der Waals surface area contributed by atoms with Gasteiger partial charge >= 0.3 is 5.97 Å². The molecule has 0 bridgehead atoms. The molecule has 0 saturated heterocycles. The minimum atomic E-state index is -0.224. The van der Waals surface area contributed by atoms with E-state index in [1.807, 2.05) is 6.92 Å².